The first-order valence-corrected chi connectivity index (χ1v) is 11.5. The lowest BCUT2D eigenvalue weighted by Crippen LogP contribution is -2.52. The topological polar surface area (TPSA) is 74.4 Å². The number of benzene rings is 1. The lowest BCUT2D eigenvalue weighted by Gasteiger charge is -2.35. The zero-order valence-corrected chi connectivity index (χ0v) is 18.5. The standard InChI is InChI=1S/C23H34N4O4/c1-2-30-23(29)27-8-5-20(6-9-27)24-22(28)17-26-12-10-25(11-13-26)16-18-3-4-21-19(15-18)7-14-31-21/h3-4,15,20H,2,5-14,16-17H2,1H3,(H,24,28). The summed E-state index contributed by atoms with van der Waals surface area (Å²) in [4.78, 5) is 30.7. The van der Waals surface area contributed by atoms with Gasteiger partial charge >= 0.3 is 6.09 Å². The van der Waals surface area contributed by atoms with Crippen molar-refractivity contribution in [1.82, 2.24) is 20.0 Å². The molecular weight excluding hydrogens is 396 g/mol. The van der Waals surface area contributed by atoms with Gasteiger partial charge in [0.05, 0.1) is 19.8 Å². The molecule has 31 heavy (non-hydrogen) atoms. The van der Waals surface area contributed by atoms with Crippen molar-refractivity contribution in [3.8, 4) is 5.75 Å². The first-order valence-electron chi connectivity index (χ1n) is 11.5. The van der Waals surface area contributed by atoms with Crippen molar-refractivity contribution in [1.29, 1.82) is 0 Å². The fourth-order valence-electron chi connectivity index (χ4n) is 4.60. The molecule has 0 aromatic heterocycles. The van der Waals surface area contributed by atoms with Gasteiger partial charge in [-0.1, -0.05) is 12.1 Å². The molecule has 0 atom stereocenters. The third-order valence-corrected chi connectivity index (χ3v) is 6.38. The Bertz CT molecular complexity index is 771. The number of carbonyl (C=O) groups excluding carboxylic acids is 2. The number of carbonyl (C=O) groups is 2. The Morgan fingerprint density at radius 1 is 1.10 bits per heavy atom. The second-order valence-electron chi connectivity index (χ2n) is 8.62. The summed E-state index contributed by atoms with van der Waals surface area (Å²) in [7, 11) is 0. The number of nitrogens with zero attached hydrogens (tertiary/aromatic N) is 3. The van der Waals surface area contributed by atoms with Crippen LogP contribution in [0.2, 0.25) is 0 Å². The van der Waals surface area contributed by atoms with Crippen LogP contribution in [0, 0.1) is 0 Å². The fraction of sp³-hybridized carbons (Fsp3) is 0.652. The molecule has 8 nitrogen and oxygen atoms in total. The van der Waals surface area contributed by atoms with Crippen LogP contribution in [0.25, 0.3) is 0 Å². The minimum absolute atomic E-state index is 0.0849. The molecular formula is C23H34N4O4. The largest absolute Gasteiger partial charge is 0.493 e. The highest BCUT2D eigenvalue weighted by molar-refractivity contribution is 5.78. The van der Waals surface area contributed by atoms with Gasteiger partial charge in [0, 0.05) is 58.3 Å². The Morgan fingerprint density at radius 3 is 2.58 bits per heavy atom. The number of hydrogen-bond donors (Lipinski definition) is 1. The van der Waals surface area contributed by atoms with E-state index < -0.39 is 0 Å². The van der Waals surface area contributed by atoms with Gasteiger partial charge in [-0.05, 0) is 37.0 Å². The van der Waals surface area contributed by atoms with Crippen LogP contribution in [-0.4, -0.2) is 91.8 Å². The Balaban J connectivity index is 1.14. The Morgan fingerprint density at radius 2 is 1.84 bits per heavy atom. The highest BCUT2D eigenvalue weighted by Gasteiger charge is 2.26. The molecule has 2 saturated heterocycles. The number of fused-ring (bicyclic) bond motifs is 1. The molecule has 0 aliphatic carbocycles. The van der Waals surface area contributed by atoms with Crippen molar-refractivity contribution < 1.29 is 19.1 Å². The van der Waals surface area contributed by atoms with Crippen LogP contribution >= 0.6 is 0 Å². The first-order chi connectivity index (χ1) is 15.1. The fourth-order valence-corrected chi connectivity index (χ4v) is 4.60. The number of hydrogen-bond acceptors (Lipinski definition) is 6. The van der Waals surface area contributed by atoms with Gasteiger partial charge in [0.1, 0.15) is 5.75 Å². The van der Waals surface area contributed by atoms with Crippen molar-refractivity contribution in [2.24, 2.45) is 0 Å². The second-order valence-corrected chi connectivity index (χ2v) is 8.62. The molecule has 4 rings (SSSR count). The minimum atomic E-state index is -0.252. The van der Waals surface area contributed by atoms with Crippen LogP contribution in [0.5, 0.6) is 5.75 Å². The summed E-state index contributed by atoms with van der Waals surface area (Å²) in [6.45, 7) is 9.42. The first kappa shape index (κ1) is 21.9. The number of amides is 2. The number of likely N-dealkylation sites (tertiary alicyclic amines) is 1. The smallest absolute Gasteiger partial charge is 0.409 e. The van der Waals surface area contributed by atoms with E-state index in [-0.39, 0.29) is 18.0 Å². The van der Waals surface area contributed by atoms with Crippen LogP contribution < -0.4 is 10.1 Å². The average Bonchev–Trinajstić information content (AvgIpc) is 3.24. The molecule has 0 bridgehead atoms. The monoisotopic (exact) mass is 430 g/mol. The van der Waals surface area contributed by atoms with Crippen molar-refractivity contribution in [3.05, 3.63) is 29.3 Å². The summed E-state index contributed by atoms with van der Waals surface area (Å²) in [5, 5.41) is 3.15. The molecule has 3 aliphatic rings. The van der Waals surface area contributed by atoms with Crippen molar-refractivity contribution >= 4 is 12.0 Å². The molecule has 170 valence electrons. The van der Waals surface area contributed by atoms with Crippen LogP contribution in [0.4, 0.5) is 4.79 Å². The van der Waals surface area contributed by atoms with Crippen LogP contribution in [0.3, 0.4) is 0 Å². The highest BCUT2D eigenvalue weighted by Crippen LogP contribution is 2.26. The molecule has 1 N–H and O–H groups in total. The summed E-state index contributed by atoms with van der Waals surface area (Å²) < 4.78 is 10.6. The van der Waals surface area contributed by atoms with E-state index in [9.17, 15) is 9.59 Å². The summed E-state index contributed by atoms with van der Waals surface area (Å²) >= 11 is 0. The lowest BCUT2D eigenvalue weighted by atomic mass is 10.1. The van der Waals surface area contributed by atoms with E-state index in [4.69, 9.17) is 9.47 Å². The maximum Gasteiger partial charge on any atom is 0.409 e. The molecule has 3 aliphatic heterocycles. The number of rotatable bonds is 6. The molecule has 0 saturated carbocycles. The normalized spacial score (nSPS) is 20.2. The van der Waals surface area contributed by atoms with Gasteiger partial charge in [-0.25, -0.2) is 4.79 Å². The van der Waals surface area contributed by atoms with Crippen molar-refractivity contribution in [2.75, 3.05) is 59.0 Å². The van der Waals surface area contributed by atoms with Gasteiger partial charge in [0.15, 0.2) is 0 Å². The lowest BCUT2D eigenvalue weighted by molar-refractivity contribution is -0.123. The molecule has 2 amide bonds. The van der Waals surface area contributed by atoms with E-state index in [0.29, 0.717) is 26.2 Å². The van der Waals surface area contributed by atoms with Gasteiger partial charge in [-0.3, -0.25) is 14.6 Å². The van der Waals surface area contributed by atoms with Gasteiger partial charge in [0.25, 0.3) is 0 Å². The molecule has 0 radical (unpaired) electrons. The van der Waals surface area contributed by atoms with Crippen molar-refractivity contribution in [3.63, 3.8) is 0 Å². The van der Waals surface area contributed by atoms with Gasteiger partial charge in [0.2, 0.25) is 5.91 Å². The summed E-state index contributed by atoms with van der Waals surface area (Å²) in [6.07, 6.45) is 2.32. The molecule has 2 fully saturated rings. The molecule has 1 aromatic rings. The number of piperazine rings is 1. The van der Waals surface area contributed by atoms with Gasteiger partial charge in [-0.2, -0.15) is 0 Å². The Labute approximate surface area is 184 Å². The van der Waals surface area contributed by atoms with E-state index in [1.165, 1.54) is 11.1 Å². The van der Waals surface area contributed by atoms with Gasteiger partial charge in [-0.15, -0.1) is 0 Å². The minimum Gasteiger partial charge on any atom is -0.493 e. The van der Waals surface area contributed by atoms with Gasteiger partial charge < -0.3 is 19.7 Å². The number of piperidine rings is 1. The maximum atomic E-state index is 12.5. The van der Waals surface area contributed by atoms with Crippen LogP contribution in [0.15, 0.2) is 18.2 Å². The maximum absolute atomic E-state index is 12.5. The van der Waals surface area contributed by atoms with E-state index in [2.05, 4.69) is 33.3 Å². The molecule has 8 heteroatoms. The summed E-state index contributed by atoms with van der Waals surface area (Å²) in [5.74, 6) is 1.12. The molecule has 3 heterocycles. The molecule has 0 spiro atoms. The molecule has 0 unspecified atom stereocenters. The van der Waals surface area contributed by atoms with E-state index in [1.807, 2.05) is 6.92 Å². The highest BCUT2D eigenvalue weighted by atomic mass is 16.6. The zero-order chi connectivity index (χ0) is 21.6. The number of ether oxygens (including phenoxy) is 2. The SMILES string of the molecule is CCOC(=O)N1CCC(NC(=O)CN2CCN(Cc3ccc4c(c3)CCO4)CC2)CC1. The van der Waals surface area contributed by atoms with E-state index in [0.717, 1.165) is 64.3 Å². The number of nitrogens with one attached hydrogen (secondary N) is 1. The third kappa shape index (κ3) is 5.89. The summed E-state index contributed by atoms with van der Waals surface area (Å²) in [5.41, 5.74) is 2.66. The summed E-state index contributed by atoms with van der Waals surface area (Å²) in [6, 6.07) is 6.67. The van der Waals surface area contributed by atoms with E-state index in [1.54, 1.807) is 4.90 Å². The predicted molar refractivity (Wildman–Crippen MR) is 117 cm³/mol. The zero-order valence-electron chi connectivity index (χ0n) is 18.5. The Kier molecular flexibility index (Phi) is 7.29. The van der Waals surface area contributed by atoms with Crippen molar-refractivity contribution in [2.45, 2.75) is 38.8 Å². The molecule has 1 aromatic carbocycles. The van der Waals surface area contributed by atoms with Crippen LogP contribution in [0.1, 0.15) is 30.9 Å². The predicted octanol–water partition coefficient (Wildman–Crippen LogP) is 1.48. The van der Waals surface area contributed by atoms with E-state index >= 15 is 0 Å². The third-order valence-electron chi connectivity index (χ3n) is 6.38. The quantitative estimate of drug-likeness (QED) is 0.737. The Hall–Kier alpha value is -2.32. The average molecular weight is 431 g/mol. The van der Waals surface area contributed by atoms with Crippen LogP contribution in [-0.2, 0) is 22.5 Å². The second kappa shape index (κ2) is 10.3.